The Kier molecular flexibility index (Phi) is 6.22. The van der Waals surface area contributed by atoms with Gasteiger partial charge in [-0.3, -0.25) is 9.69 Å². The minimum Gasteiger partial charge on any atom is -0.323 e. The van der Waals surface area contributed by atoms with E-state index in [-0.39, 0.29) is 18.6 Å². The zero-order valence-electron chi connectivity index (χ0n) is 19.2. The molecule has 2 saturated heterocycles. The van der Waals surface area contributed by atoms with Crippen LogP contribution in [0.5, 0.6) is 0 Å². The van der Waals surface area contributed by atoms with E-state index in [1.165, 1.54) is 21.2 Å². The number of rotatable bonds is 4. The topological polar surface area (TPSA) is 90.0 Å². The summed E-state index contributed by atoms with van der Waals surface area (Å²) < 4.78 is 27.9. The highest BCUT2D eigenvalue weighted by Gasteiger charge is 2.50. The smallest absolute Gasteiger partial charge is 0.323 e. The molecule has 2 aliphatic heterocycles. The summed E-state index contributed by atoms with van der Waals surface area (Å²) in [5, 5.41) is 3.01. The molecule has 0 atom stereocenters. The number of carbonyl (C=O) groups excluding carboxylic acids is 2. The summed E-state index contributed by atoms with van der Waals surface area (Å²) in [6.45, 7) is 1.92. The van der Waals surface area contributed by atoms with Gasteiger partial charge in [0.05, 0.1) is 11.6 Å². The van der Waals surface area contributed by atoms with E-state index >= 15 is 0 Å². The molecule has 1 N–H and O–H groups in total. The van der Waals surface area contributed by atoms with Crippen molar-refractivity contribution in [3.05, 3.63) is 29.3 Å². The highest BCUT2D eigenvalue weighted by molar-refractivity contribution is 7.89. The molecule has 33 heavy (non-hydrogen) atoms. The van der Waals surface area contributed by atoms with Gasteiger partial charge in [0.15, 0.2) is 0 Å². The fourth-order valence-electron chi connectivity index (χ4n) is 5.82. The fraction of sp³-hybridized carbons (Fsp3) is 0.667. The van der Waals surface area contributed by atoms with Crippen LogP contribution in [0.15, 0.2) is 23.1 Å². The largest absolute Gasteiger partial charge is 0.326 e. The van der Waals surface area contributed by atoms with Crippen molar-refractivity contribution in [2.45, 2.75) is 74.6 Å². The van der Waals surface area contributed by atoms with Crippen LogP contribution < -0.4 is 5.32 Å². The fourth-order valence-corrected chi connectivity index (χ4v) is 7.29. The number of amides is 3. The van der Waals surface area contributed by atoms with Crippen molar-refractivity contribution in [3.63, 3.8) is 0 Å². The van der Waals surface area contributed by atoms with E-state index in [0.717, 1.165) is 50.5 Å². The molecule has 1 saturated carbocycles. The van der Waals surface area contributed by atoms with E-state index < -0.39 is 15.6 Å². The maximum atomic E-state index is 13.2. The van der Waals surface area contributed by atoms with Crippen molar-refractivity contribution in [2.75, 3.05) is 32.8 Å². The lowest BCUT2D eigenvalue weighted by molar-refractivity contribution is -0.133. The highest BCUT2D eigenvalue weighted by atomic mass is 32.2. The molecule has 9 heteroatoms. The van der Waals surface area contributed by atoms with Crippen molar-refractivity contribution >= 4 is 22.0 Å². The van der Waals surface area contributed by atoms with Gasteiger partial charge in [-0.15, -0.1) is 0 Å². The highest BCUT2D eigenvalue weighted by Crippen LogP contribution is 2.32. The van der Waals surface area contributed by atoms with Crippen LogP contribution in [-0.4, -0.2) is 72.8 Å². The Morgan fingerprint density at radius 2 is 1.52 bits per heavy atom. The number of hydrogen-bond acceptors (Lipinski definition) is 5. The Balaban J connectivity index is 1.21. The van der Waals surface area contributed by atoms with Gasteiger partial charge in [0.2, 0.25) is 10.0 Å². The number of imide groups is 1. The molecule has 2 heterocycles. The quantitative estimate of drug-likeness (QED) is 0.677. The number of fused-ring (bicyclic) bond motifs is 1. The van der Waals surface area contributed by atoms with Crippen LogP contribution in [0, 0.1) is 0 Å². The lowest BCUT2D eigenvalue weighted by Crippen LogP contribution is -2.53. The third-order valence-electron chi connectivity index (χ3n) is 7.83. The molecule has 4 aliphatic rings. The molecule has 8 nitrogen and oxygen atoms in total. The normalized spacial score (nSPS) is 24.5. The van der Waals surface area contributed by atoms with E-state index in [9.17, 15) is 18.0 Å². The summed E-state index contributed by atoms with van der Waals surface area (Å²) in [5.41, 5.74) is 1.67. The van der Waals surface area contributed by atoms with Gasteiger partial charge in [-0.05, 0) is 55.4 Å². The van der Waals surface area contributed by atoms with Gasteiger partial charge in [0.25, 0.3) is 5.91 Å². The molecule has 0 bridgehead atoms. The van der Waals surface area contributed by atoms with Crippen LogP contribution in [0.3, 0.4) is 0 Å². The van der Waals surface area contributed by atoms with E-state index in [2.05, 4.69) is 5.32 Å². The van der Waals surface area contributed by atoms with Crippen molar-refractivity contribution < 1.29 is 18.0 Å². The van der Waals surface area contributed by atoms with Gasteiger partial charge in [-0.2, -0.15) is 4.31 Å². The molecular weight excluding hydrogens is 440 g/mol. The number of benzene rings is 1. The summed E-state index contributed by atoms with van der Waals surface area (Å²) in [4.78, 5) is 29.7. The summed E-state index contributed by atoms with van der Waals surface area (Å²) in [5.74, 6) is -0.109. The third kappa shape index (κ3) is 4.31. The first kappa shape index (κ1) is 22.8. The second kappa shape index (κ2) is 9.00. The van der Waals surface area contributed by atoms with Gasteiger partial charge >= 0.3 is 6.03 Å². The summed E-state index contributed by atoms with van der Waals surface area (Å²) in [7, 11) is -3.54. The van der Waals surface area contributed by atoms with Gasteiger partial charge in [0.1, 0.15) is 5.54 Å². The number of sulfonamides is 1. The number of hydrogen-bond donors (Lipinski definition) is 1. The Bertz CT molecular complexity index is 1020. The second-order valence-electron chi connectivity index (χ2n) is 9.96. The first-order chi connectivity index (χ1) is 15.9. The Labute approximate surface area is 196 Å². The van der Waals surface area contributed by atoms with Crippen LogP contribution in [0.25, 0.3) is 0 Å². The SMILES string of the molecule is O=C1NC2(CCCCCCC2)C(=O)N1CN1CCN(S(=O)(=O)c2ccc3c(c2)CCC3)CC1. The number of nitrogens with zero attached hydrogens (tertiary/aromatic N) is 3. The third-order valence-corrected chi connectivity index (χ3v) is 9.73. The van der Waals surface area contributed by atoms with Crippen LogP contribution in [0.4, 0.5) is 4.79 Å². The molecular formula is C24H34N4O4S. The van der Waals surface area contributed by atoms with Crippen molar-refractivity contribution in [2.24, 2.45) is 0 Å². The molecule has 0 unspecified atom stereocenters. The van der Waals surface area contributed by atoms with Crippen molar-refractivity contribution in [1.29, 1.82) is 0 Å². The Morgan fingerprint density at radius 1 is 0.848 bits per heavy atom. The van der Waals surface area contributed by atoms with E-state index in [0.29, 0.717) is 43.9 Å². The van der Waals surface area contributed by atoms with Crippen LogP contribution in [0.1, 0.15) is 62.5 Å². The van der Waals surface area contributed by atoms with Gasteiger partial charge in [-0.1, -0.05) is 38.2 Å². The molecule has 5 rings (SSSR count). The van der Waals surface area contributed by atoms with Crippen LogP contribution >= 0.6 is 0 Å². The second-order valence-corrected chi connectivity index (χ2v) is 11.9. The number of nitrogens with one attached hydrogen (secondary N) is 1. The molecule has 2 aliphatic carbocycles. The zero-order chi connectivity index (χ0) is 23.1. The first-order valence-electron chi connectivity index (χ1n) is 12.4. The average Bonchev–Trinajstić information content (AvgIpc) is 3.35. The van der Waals surface area contributed by atoms with Gasteiger partial charge < -0.3 is 5.32 Å². The average molecular weight is 475 g/mol. The Morgan fingerprint density at radius 3 is 2.24 bits per heavy atom. The van der Waals surface area contributed by atoms with E-state index in [1.807, 2.05) is 17.0 Å². The monoisotopic (exact) mass is 474 g/mol. The maximum absolute atomic E-state index is 13.2. The standard InChI is InChI=1S/C24H34N4O4S/c29-22-24(11-4-2-1-3-5-12-24)25-23(30)28(22)18-26-13-15-27(16-14-26)33(31,32)21-10-9-19-7-6-8-20(19)17-21/h9-10,17H,1-8,11-16,18H2,(H,25,30). The minimum absolute atomic E-state index is 0.109. The predicted octanol–water partition coefficient (Wildman–Crippen LogP) is 2.47. The lowest BCUT2D eigenvalue weighted by atomic mass is 9.84. The summed E-state index contributed by atoms with van der Waals surface area (Å²) in [6.07, 6.45) is 9.79. The van der Waals surface area contributed by atoms with Gasteiger partial charge in [0, 0.05) is 26.2 Å². The number of urea groups is 1. The zero-order valence-corrected chi connectivity index (χ0v) is 20.0. The van der Waals surface area contributed by atoms with Crippen molar-refractivity contribution in [3.8, 4) is 0 Å². The Hall–Kier alpha value is -1.97. The molecule has 3 fully saturated rings. The lowest BCUT2D eigenvalue weighted by Gasteiger charge is -2.35. The van der Waals surface area contributed by atoms with E-state index in [1.54, 1.807) is 6.07 Å². The number of carbonyl (C=O) groups is 2. The summed E-state index contributed by atoms with van der Waals surface area (Å²) >= 11 is 0. The molecule has 180 valence electrons. The van der Waals surface area contributed by atoms with Crippen LogP contribution in [0.2, 0.25) is 0 Å². The molecule has 1 aromatic carbocycles. The molecule has 0 aromatic heterocycles. The van der Waals surface area contributed by atoms with E-state index in [4.69, 9.17) is 0 Å². The molecule has 0 radical (unpaired) electrons. The minimum atomic E-state index is -3.54. The summed E-state index contributed by atoms with van der Waals surface area (Å²) in [6, 6.07) is 5.21. The molecule has 3 amide bonds. The predicted molar refractivity (Wildman–Crippen MR) is 124 cm³/mol. The number of aryl methyl sites for hydroxylation is 2. The van der Waals surface area contributed by atoms with Gasteiger partial charge in [-0.25, -0.2) is 18.1 Å². The van der Waals surface area contributed by atoms with Crippen molar-refractivity contribution in [1.82, 2.24) is 19.4 Å². The van der Waals surface area contributed by atoms with Crippen LogP contribution in [-0.2, 0) is 27.7 Å². The molecule has 1 spiro atoms. The maximum Gasteiger partial charge on any atom is 0.326 e. The molecule has 1 aromatic rings. The number of piperazine rings is 1. The first-order valence-corrected chi connectivity index (χ1v) is 13.8.